The third kappa shape index (κ3) is 10.6. The van der Waals surface area contributed by atoms with Crippen LogP contribution in [0.25, 0.3) is 0 Å². The molecule has 0 saturated carbocycles. The minimum absolute atomic E-state index is 0.103. The molecule has 6 rings (SSSR count). The molecule has 63 heavy (non-hydrogen) atoms. The molecule has 2 aliphatic heterocycles. The number of rotatable bonds is 20. The highest BCUT2D eigenvalue weighted by molar-refractivity contribution is 6.04. The van der Waals surface area contributed by atoms with E-state index in [1.165, 1.54) is 11.4 Å². The second-order valence-corrected chi connectivity index (χ2v) is 18.1. The number of phenolic OH excluding ortho intramolecular Hbond substituents is 2. The van der Waals surface area contributed by atoms with Crippen LogP contribution in [0.4, 0.5) is 22.7 Å². The van der Waals surface area contributed by atoms with Crippen molar-refractivity contribution in [3.63, 3.8) is 0 Å². The second-order valence-electron chi connectivity index (χ2n) is 18.1. The van der Waals surface area contributed by atoms with Gasteiger partial charge in [0.15, 0.2) is 5.71 Å². The predicted molar refractivity (Wildman–Crippen MR) is 260 cm³/mol. The molecule has 2 aliphatic rings. The first kappa shape index (κ1) is 46.5. The van der Waals surface area contributed by atoms with Crippen LogP contribution in [0.3, 0.4) is 0 Å². The molecule has 0 saturated heterocycles. The molecule has 2 heterocycles. The van der Waals surface area contributed by atoms with E-state index in [2.05, 4.69) is 104 Å². The molecule has 0 radical (unpaired) electrons. The normalized spacial score (nSPS) is 15.5. The Balaban J connectivity index is 1.21. The van der Waals surface area contributed by atoms with Crippen LogP contribution < -0.4 is 25.3 Å². The molecule has 334 valence electrons. The van der Waals surface area contributed by atoms with E-state index in [0.717, 1.165) is 85.5 Å². The first-order chi connectivity index (χ1) is 30.2. The number of carbonyl (C=O) groups is 2. The Morgan fingerprint density at radius 2 is 1.25 bits per heavy atom. The number of aromatic hydroxyl groups is 2. The van der Waals surface area contributed by atoms with E-state index < -0.39 is 0 Å². The minimum Gasteiger partial charge on any atom is -0.508 e. The zero-order valence-corrected chi connectivity index (χ0v) is 38.8. The maximum atomic E-state index is 13.5. The summed E-state index contributed by atoms with van der Waals surface area (Å²) in [5.74, 6) is 0.226. The number of hydrogen-bond donors (Lipinski definition) is 4. The van der Waals surface area contributed by atoms with Crippen molar-refractivity contribution in [1.82, 2.24) is 10.6 Å². The van der Waals surface area contributed by atoms with Crippen molar-refractivity contribution in [1.29, 1.82) is 0 Å². The van der Waals surface area contributed by atoms with Gasteiger partial charge in [-0.3, -0.25) is 9.59 Å². The van der Waals surface area contributed by atoms with Crippen molar-refractivity contribution in [2.75, 3.05) is 68.1 Å². The fourth-order valence-electron chi connectivity index (χ4n) is 8.98. The number of carbonyl (C=O) groups excluding carboxylic acids is 2. The van der Waals surface area contributed by atoms with Crippen molar-refractivity contribution in [3.8, 4) is 11.5 Å². The van der Waals surface area contributed by atoms with Crippen molar-refractivity contribution in [3.05, 3.63) is 131 Å². The molecule has 0 fully saturated rings. The first-order valence-electron chi connectivity index (χ1n) is 22.8. The number of benzene rings is 4. The first-order valence-corrected chi connectivity index (χ1v) is 22.8. The molecule has 10 nitrogen and oxygen atoms in total. The lowest BCUT2D eigenvalue weighted by Crippen LogP contribution is -2.33. The molecule has 4 aromatic carbocycles. The van der Waals surface area contributed by atoms with Crippen LogP contribution in [0.1, 0.15) is 112 Å². The number of nitrogens with one attached hydrogen (secondary N) is 2. The van der Waals surface area contributed by atoms with Crippen LogP contribution in [0.2, 0.25) is 0 Å². The summed E-state index contributed by atoms with van der Waals surface area (Å²) < 4.78 is 2.45. The van der Waals surface area contributed by atoms with Gasteiger partial charge in [-0.25, -0.2) is 0 Å². The highest BCUT2D eigenvalue weighted by Crippen LogP contribution is 2.48. The maximum absolute atomic E-state index is 13.5. The highest BCUT2D eigenvalue weighted by atomic mass is 16.3. The molecule has 0 unspecified atom stereocenters. The second kappa shape index (κ2) is 20.4. The number of hydrogen-bond acceptors (Lipinski definition) is 7. The van der Waals surface area contributed by atoms with Gasteiger partial charge in [-0.15, -0.1) is 0 Å². The van der Waals surface area contributed by atoms with E-state index in [1.807, 2.05) is 60.3 Å². The number of allylic oxidation sites excluding steroid dienone is 4. The maximum Gasteiger partial charge on any atom is 0.251 e. The minimum atomic E-state index is -0.350. The number of amides is 2. The number of likely N-dealkylation sites (N-methyl/N-ethyl adjacent to an activating group) is 2. The summed E-state index contributed by atoms with van der Waals surface area (Å²) in [5.41, 5.74) is 9.35. The van der Waals surface area contributed by atoms with Crippen LogP contribution in [0.5, 0.6) is 11.5 Å². The highest BCUT2D eigenvalue weighted by Gasteiger charge is 2.45. The van der Waals surface area contributed by atoms with Crippen molar-refractivity contribution in [2.45, 2.75) is 90.9 Å². The summed E-state index contributed by atoms with van der Waals surface area (Å²) in [6.07, 6.45) is 13.4. The van der Waals surface area contributed by atoms with Gasteiger partial charge in [-0.05, 0) is 92.9 Å². The van der Waals surface area contributed by atoms with Crippen molar-refractivity contribution in [2.24, 2.45) is 0 Å². The summed E-state index contributed by atoms with van der Waals surface area (Å²) in [6.45, 7) is 17.4. The topological polar surface area (TPSA) is 111 Å². The lowest BCUT2D eigenvalue weighted by atomic mass is 9.80. The number of unbranched alkanes of at least 4 members (excludes halogenated alkanes) is 4. The van der Waals surface area contributed by atoms with Crippen LogP contribution in [-0.2, 0) is 10.8 Å². The summed E-state index contributed by atoms with van der Waals surface area (Å²) >= 11 is 0. The number of anilines is 3. The molecule has 0 bridgehead atoms. The van der Waals surface area contributed by atoms with Gasteiger partial charge >= 0.3 is 0 Å². The molecule has 0 spiro atoms. The third-order valence-corrected chi connectivity index (χ3v) is 12.8. The van der Waals surface area contributed by atoms with Crippen LogP contribution >= 0.6 is 0 Å². The summed E-state index contributed by atoms with van der Waals surface area (Å²) in [4.78, 5) is 33.6. The van der Waals surface area contributed by atoms with E-state index in [4.69, 9.17) is 0 Å². The predicted octanol–water partition coefficient (Wildman–Crippen LogP) is 9.82. The Hall–Kier alpha value is -6.03. The summed E-state index contributed by atoms with van der Waals surface area (Å²) in [6, 6.07) is 26.5. The zero-order valence-electron chi connectivity index (χ0n) is 38.8. The van der Waals surface area contributed by atoms with E-state index in [-0.39, 0.29) is 34.1 Å². The van der Waals surface area contributed by atoms with Gasteiger partial charge in [0.1, 0.15) is 18.0 Å². The lowest BCUT2D eigenvalue weighted by Gasteiger charge is -2.27. The van der Waals surface area contributed by atoms with Crippen molar-refractivity contribution < 1.29 is 24.4 Å². The number of nitrogens with zero attached hydrogens (tertiary/aromatic N) is 4. The van der Waals surface area contributed by atoms with Gasteiger partial charge in [0.05, 0.1) is 5.41 Å². The Bertz CT molecular complexity index is 2360. The Morgan fingerprint density at radius 3 is 1.83 bits per heavy atom. The molecular formula is C53H69N6O4+. The van der Waals surface area contributed by atoms with E-state index in [9.17, 15) is 19.8 Å². The molecule has 0 atom stereocenters. The average Bonchev–Trinajstić information content (AvgIpc) is 3.60. The number of phenols is 2. The Labute approximate surface area is 375 Å². The molecular weight excluding hydrogens is 785 g/mol. The fourth-order valence-corrected chi connectivity index (χ4v) is 8.98. The quantitative estimate of drug-likeness (QED) is 0.0518. The molecule has 2 amide bonds. The molecule has 10 heteroatoms. The summed E-state index contributed by atoms with van der Waals surface area (Å²) in [7, 11) is 3.90. The Kier molecular flexibility index (Phi) is 15.1. The standard InChI is InChI=1S/C53H68N6O4/c1-9-11-13-30-58-46-26-24-38(50(62)54-28-32-56(7)40-18-15-20-42(60)36-40)34-44(46)52(3,4)48(58)22-17-23-49-53(5,6)45-35-39(25-27-47(45)59(49)31-14-12-10-2)51(63)55-29-33-57(8)41-19-16-21-43(61)37-41/h15-27,34-37H,9-14,28-33H2,1-8H3,(H3-,54,55,60,61,62,63)/p+1. The van der Waals surface area contributed by atoms with Gasteiger partial charge in [0.25, 0.3) is 11.8 Å². The van der Waals surface area contributed by atoms with Gasteiger partial charge in [0, 0.05) is 122 Å². The van der Waals surface area contributed by atoms with Crippen LogP contribution in [-0.4, -0.2) is 85.7 Å². The van der Waals surface area contributed by atoms with Crippen molar-refractivity contribution >= 4 is 40.3 Å². The lowest BCUT2D eigenvalue weighted by molar-refractivity contribution is -0.438. The smallest absolute Gasteiger partial charge is 0.251 e. The number of fused-ring (bicyclic) bond motifs is 2. The van der Waals surface area contributed by atoms with Crippen LogP contribution in [0.15, 0.2) is 109 Å². The van der Waals surface area contributed by atoms with E-state index in [1.54, 1.807) is 24.3 Å². The molecule has 0 aromatic heterocycles. The largest absolute Gasteiger partial charge is 0.508 e. The third-order valence-electron chi connectivity index (χ3n) is 12.8. The van der Waals surface area contributed by atoms with E-state index >= 15 is 0 Å². The zero-order chi connectivity index (χ0) is 45.3. The van der Waals surface area contributed by atoms with Gasteiger partial charge in [-0.1, -0.05) is 65.2 Å². The van der Waals surface area contributed by atoms with Gasteiger partial charge in [0.2, 0.25) is 5.69 Å². The monoisotopic (exact) mass is 854 g/mol. The van der Waals surface area contributed by atoms with E-state index in [0.29, 0.717) is 37.3 Å². The Morgan fingerprint density at radius 1 is 0.698 bits per heavy atom. The SMILES string of the molecule is CCCCCN1/C(=C/C=C/C2=[N+](CCCCC)c3ccc(C(=O)NCCN(C)c4cccc(O)c4)cc3C2(C)C)C(C)(C)c2cc(C(=O)NCCN(C)c3cccc(O)c3)ccc21. The average molecular weight is 854 g/mol. The summed E-state index contributed by atoms with van der Waals surface area (Å²) in [5, 5.41) is 26.0. The molecule has 4 N–H and O–H groups in total. The molecule has 0 aliphatic carbocycles. The van der Waals surface area contributed by atoms with Gasteiger partial charge < -0.3 is 35.5 Å². The fraction of sp³-hybridized carbons (Fsp3) is 0.415. The van der Waals surface area contributed by atoms with Crippen LogP contribution in [0, 0.1) is 0 Å². The molecule has 4 aromatic rings. The van der Waals surface area contributed by atoms with Gasteiger partial charge in [-0.2, -0.15) is 4.58 Å².